The molecule has 0 aliphatic heterocycles. The highest BCUT2D eigenvalue weighted by molar-refractivity contribution is 5.38. The van der Waals surface area contributed by atoms with Crippen LogP contribution in [0, 0.1) is 5.92 Å². The van der Waals surface area contributed by atoms with Crippen molar-refractivity contribution in [2.24, 2.45) is 5.92 Å². The van der Waals surface area contributed by atoms with Gasteiger partial charge in [-0.05, 0) is 47.7 Å². The van der Waals surface area contributed by atoms with Crippen LogP contribution in [0.5, 0.6) is 0 Å². The molecule has 0 radical (unpaired) electrons. The second kappa shape index (κ2) is 4.76. The van der Waals surface area contributed by atoms with Gasteiger partial charge >= 0.3 is 0 Å². The Kier molecular flexibility index (Phi) is 2.96. The van der Waals surface area contributed by atoms with E-state index >= 15 is 0 Å². The highest BCUT2D eigenvalue weighted by atomic mass is 15.6. The number of rotatable bonds is 3. The molecule has 94 valence electrons. The molecule has 1 fully saturated rings. The first-order valence-electron chi connectivity index (χ1n) is 6.43. The number of aromatic nitrogens is 4. The Morgan fingerprint density at radius 3 is 2.78 bits per heavy atom. The zero-order chi connectivity index (χ0) is 12.4. The molecule has 3 rings (SSSR count). The van der Waals surface area contributed by atoms with E-state index in [1.54, 1.807) is 4.68 Å². The minimum Gasteiger partial charge on any atom is -0.350 e. The topological polar surface area (TPSA) is 55.6 Å². The standard InChI is InChI=1S/C13H17N5/c1-10-7-8-11(9-10)14-13-15-16-17-18(13)12-5-3-2-4-6-12/h2-6,10-11H,7-9H2,1H3,(H,14,15,17). The number of nitrogens with one attached hydrogen (secondary N) is 1. The molecule has 5 nitrogen and oxygen atoms in total. The maximum absolute atomic E-state index is 4.07. The van der Waals surface area contributed by atoms with E-state index < -0.39 is 0 Å². The maximum atomic E-state index is 4.07. The Bertz CT molecular complexity index is 507. The second-order valence-corrected chi connectivity index (χ2v) is 5.01. The van der Waals surface area contributed by atoms with Crippen molar-refractivity contribution in [1.82, 2.24) is 20.2 Å². The lowest BCUT2D eigenvalue weighted by Crippen LogP contribution is -2.18. The molecule has 0 amide bonds. The summed E-state index contributed by atoms with van der Waals surface area (Å²) >= 11 is 0. The molecule has 1 saturated carbocycles. The average molecular weight is 243 g/mol. The molecule has 0 spiro atoms. The van der Waals surface area contributed by atoms with E-state index in [1.807, 2.05) is 30.3 Å². The fraction of sp³-hybridized carbons (Fsp3) is 0.462. The summed E-state index contributed by atoms with van der Waals surface area (Å²) in [6.45, 7) is 2.29. The largest absolute Gasteiger partial charge is 0.350 e. The number of nitrogens with zero attached hydrogens (tertiary/aromatic N) is 4. The number of tetrazole rings is 1. The molecule has 1 heterocycles. The molecular weight excluding hydrogens is 226 g/mol. The van der Waals surface area contributed by atoms with Crippen molar-refractivity contribution in [3.8, 4) is 5.69 Å². The van der Waals surface area contributed by atoms with Crippen LogP contribution in [0.15, 0.2) is 30.3 Å². The molecule has 1 aliphatic rings. The van der Waals surface area contributed by atoms with Gasteiger partial charge in [0.05, 0.1) is 5.69 Å². The minimum absolute atomic E-state index is 0.494. The molecular formula is C13H17N5. The third-order valence-corrected chi connectivity index (χ3v) is 3.50. The Hall–Kier alpha value is -1.91. The fourth-order valence-corrected chi connectivity index (χ4v) is 2.54. The summed E-state index contributed by atoms with van der Waals surface area (Å²) in [5.41, 5.74) is 0.982. The highest BCUT2D eigenvalue weighted by Gasteiger charge is 2.22. The molecule has 2 aromatic rings. The first-order chi connectivity index (χ1) is 8.83. The predicted octanol–water partition coefficient (Wildman–Crippen LogP) is 2.26. The van der Waals surface area contributed by atoms with Crippen molar-refractivity contribution < 1.29 is 0 Å². The lowest BCUT2D eigenvalue weighted by Gasteiger charge is -2.12. The third kappa shape index (κ3) is 2.20. The summed E-state index contributed by atoms with van der Waals surface area (Å²) < 4.78 is 1.75. The van der Waals surface area contributed by atoms with Crippen molar-refractivity contribution in [1.29, 1.82) is 0 Å². The van der Waals surface area contributed by atoms with Crippen LogP contribution in [0.4, 0.5) is 5.95 Å². The summed E-state index contributed by atoms with van der Waals surface area (Å²) in [6.07, 6.45) is 3.68. The van der Waals surface area contributed by atoms with Gasteiger partial charge in [0.1, 0.15) is 0 Å². The predicted molar refractivity (Wildman–Crippen MR) is 69.6 cm³/mol. The van der Waals surface area contributed by atoms with E-state index in [2.05, 4.69) is 27.8 Å². The van der Waals surface area contributed by atoms with Gasteiger partial charge in [-0.25, -0.2) is 0 Å². The number of benzene rings is 1. The van der Waals surface area contributed by atoms with Crippen molar-refractivity contribution >= 4 is 5.95 Å². The smallest absolute Gasteiger partial charge is 0.247 e. The van der Waals surface area contributed by atoms with Gasteiger partial charge in [-0.2, -0.15) is 4.68 Å². The third-order valence-electron chi connectivity index (χ3n) is 3.50. The summed E-state index contributed by atoms with van der Waals surface area (Å²) in [4.78, 5) is 0. The molecule has 18 heavy (non-hydrogen) atoms. The zero-order valence-corrected chi connectivity index (χ0v) is 10.5. The first-order valence-corrected chi connectivity index (χ1v) is 6.43. The Morgan fingerprint density at radius 1 is 1.22 bits per heavy atom. The summed E-state index contributed by atoms with van der Waals surface area (Å²) in [5, 5.41) is 15.3. The quantitative estimate of drug-likeness (QED) is 0.898. The molecule has 2 atom stereocenters. The van der Waals surface area contributed by atoms with Gasteiger partial charge in [-0.3, -0.25) is 0 Å². The van der Waals surface area contributed by atoms with Gasteiger partial charge < -0.3 is 5.32 Å². The molecule has 1 aliphatic carbocycles. The minimum atomic E-state index is 0.494. The van der Waals surface area contributed by atoms with E-state index in [9.17, 15) is 0 Å². The number of anilines is 1. The molecule has 0 bridgehead atoms. The Morgan fingerprint density at radius 2 is 2.06 bits per heavy atom. The first kappa shape index (κ1) is 11.2. The summed E-state index contributed by atoms with van der Waals surface area (Å²) in [6, 6.07) is 10.4. The van der Waals surface area contributed by atoms with Crippen LogP contribution in [0.25, 0.3) is 5.69 Å². The highest BCUT2D eigenvalue weighted by Crippen LogP contribution is 2.27. The van der Waals surface area contributed by atoms with Crippen LogP contribution in [0.1, 0.15) is 26.2 Å². The maximum Gasteiger partial charge on any atom is 0.247 e. The van der Waals surface area contributed by atoms with Crippen molar-refractivity contribution in [3.05, 3.63) is 30.3 Å². The van der Waals surface area contributed by atoms with Crippen molar-refractivity contribution in [2.45, 2.75) is 32.2 Å². The van der Waals surface area contributed by atoms with Gasteiger partial charge in [-0.15, -0.1) is 0 Å². The Labute approximate surface area is 106 Å². The van der Waals surface area contributed by atoms with Gasteiger partial charge in [0, 0.05) is 6.04 Å². The normalized spacial score (nSPS) is 23.2. The van der Waals surface area contributed by atoms with E-state index in [0.29, 0.717) is 6.04 Å². The van der Waals surface area contributed by atoms with E-state index in [1.165, 1.54) is 19.3 Å². The van der Waals surface area contributed by atoms with Gasteiger partial charge in [0.25, 0.3) is 0 Å². The van der Waals surface area contributed by atoms with E-state index in [0.717, 1.165) is 17.6 Å². The SMILES string of the molecule is CC1CCC(Nc2nnnn2-c2ccccc2)C1. The van der Waals surface area contributed by atoms with Crippen LogP contribution in [0.2, 0.25) is 0 Å². The van der Waals surface area contributed by atoms with Crippen molar-refractivity contribution in [3.63, 3.8) is 0 Å². The van der Waals surface area contributed by atoms with Gasteiger partial charge in [0.15, 0.2) is 0 Å². The summed E-state index contributed by atoms with van der Waals surface area (Å²) in [5.74, 6) is 1.53. The number of para-hydroxylation sites is 1. The molecule has 1 aromatic heterocycles. The monoisotopic (exact) mass is 243 g/mol. The molecule has 1 N–H and O–H groups in total. The van der Waals surface area contributed by atoms with E-state index in [-0.39, 0.29) is 0 Å². The molecule has 2 unspecified atom stereocenters. The lowest BCUT2D eigenvalue weighted by atomic mass is 10.1. The second-order valence-electron chi connectivity index (χ2n) is 5.01. The van der Waals surface area contributed by atoms with Crippen LogP contribution in [-0.4, -0.2) is 26.2 Å². The van der Waals surface area contributed by atoms with Crippen LogP contribution >= 0.6 is 0 Å². The zero-order valence-electron chi connectivity index (χ0n) is 10.5. The molecule has 5 heteroatoms. The average Bonchev–Trinajstić information content (AvgIpc) is 3.00. The fourth-order valence-electron chi connectivity index (χ4n) is 2.54. The number of hydrogen-bond acceptors (Lipinski definition) is 4. The summed E-state index contributed by atoms with van der Waals surface area (Å²) in [7, 11) is 0. The molecule has 0 saturated heterocycles. The van der Waals surface area contributed by atoms with Gasteiger partial charge in [-0.1, -0.05) is 30.2 Å². The van der Waals surface area contributed by atoms with Gasteiger partial charge in [0.2, 0.25) is 5.95 Å². The number of hydrogen-bond donors (Lipinski definition) is 1. The van der Waals surface area contributed by atoms with Crippen LogP contribution in [0.3, 0.4) is 0 Å². The Balaban J connectivity index is 1.80. The van der Waals surface area contributed by atoms with Crippen LogP contribution in [-0.2, 0) is 0 Å². The van der Waals surface area contributed by atoms with Crippen molar-refractivity contribution in [2.75, 3.05) is 5.32 Å². The van der Waals surface area contributed by atoms with E-state index in [4.69, 9.17) is 0 Å². The lowest BCUT2D eigenvalue weighted by molar-refractivity contribution is 0.601. The van der Waals surface area contributed by atoms with Crippen LogP contribution < -0.4 is 5.32 Å². The molecule has 1 aromatic carbocycles.